The van der Waals surface area contributed by atoms with Gasteiger partial charge in [-0.3, -0.25) is 10.1 Å². The van der Waals surface area contributed by atoms with Gasteiger partial charge in [0.1, 0.15) is 5.69 Å². The van der Waals surface area contributed by atoms with E-state index in [0.717, 1.165) is 25.7 Å². The summed E-state index contributed by atoms with van der Waals surface area (Å²) in [6.07, 6.45) is 5.88. The zero-order chi connectivity index (χ0) is 15.4. The fourth-order valence-corrected chi connectivity index (χ4v) is 3.18. The lowest BCUT2D eigenvalue weighted by Crippen LogP contribution is -2.37. The number of hydrogen-bond donors (Lipinski definition) is 2. The summed E-state index contributed by atoms with van der Waals surface area (Å²) in [4.78, 5) is 11.1. The molecular weight excluding hydrogens is 270 g/mol. The van der Waals surface area contributed by atoms with E-state index in [1.807, 2.05) is 6.92 Å². The Morgan fingerprint density at radius 3 is 2.81 bits per heavy atom. The molecule has 0 radical (unpaired) electrons. The van der Waals surface area contributed by atoms with Gasteiger partial charge in [-0.05, 0) is 31.7 Å². The zero-order valence-corrected chi connectivity index (χ0v) is 12.8. The average Bonchev–Trinajstić information content (AvgIpc) is 2.76. The first-order valence-electron chi connectivity index (χ1n) is 7.75. The third-order valence-electron chi connectivity index (χ3n) is 4.30. The van der Waals surface area contributed by atoms with Crippen LogP contribution in [0.2, 0.25) is 0 Å². The van der Waals surface area contributed by atoms with Crippen molar-refractivity contribution in [3.05, 3.63) is 15.8 Å². The minimum absolute atomic E-state index is 0.126. The van der Waals surface area contributed by atoms with Gasteiger partial charge in [0.2, 0.25) is 5.82 Å². The quantitative estimate of drug-likeness (QED) is 0.619. The normalized spacial score (nSPS) is 22.2. The summed E-state index contributed by atoms with van der Waals surface area (Å²) in [7, 11) is 1.76. The van der Waals surface area contributed by atoms with Crippen LogP contribution in [0.5, 0.6) is 0 Å². The Morgan fingerprint density at radius 2 is 2.19 bits per heavy atom. The molecule has 1 fully saturated rings. The van der Waals surface area contributed by atoms with E-state index in [-0.39, 0.29) is 16.7 Å². The monoisotopic (exact) mass is 295 g/mol. The molecule has 1 aromatic rings. The van der Waals surface area contributed by atoms with E-state index in [0.29, 0.717) is 30.4 Å². The van der Waals surface area contributed by atoms with Crippen LogP contribution in [0.1, 0.15) is 44.7 Å². The highest BCUT2D eigenvalue weighted by Gasteiger charge is 2.31. The van der Waals surface area contributed by atoms with Crippen molar-refractivity contribution in [2.45, 2.75) is 51.5 Å². The molecule has 0 aromatic carbocycles. The van der Waals surface area contributed by atoms with E-state index in [9.17, 15) is 10.1 Å². The third kappa shape index (κ3) is 3.34. The number of aryl methyl sites for hydroxylation is 2. The molecule has 2 atom stereocenters. The first-order chi connectivity index (χ1) is 10.1. The molecule has 2 unspecified atom stereocenters. The molecule has 1 heterocycles. The number of nitrogens with one attached hydrogen (secondary N) is 1. The molecule has 1 aliphatic rings. The minimum atomic E-state index is -0.319. The molecule has 1 aromatic heterocycles. The summed E-state index contributed by atoms with van der Waals surface area (Å²) in [6.45, 7) is 2.61. The highest BCUT2D eigenvalue weighted by atomic mass is 16.6. The topological polar surface area (TPSA) is 99.0 Å². The molecule has 2 rings (SSSR count). The van der Waals surface area contributed by atoms with Crippen molar-refractivity contribution in [2.24, 2.45) is 18.7 Å². The van der Waals surface area contributed by atoms with Crippen molar-refractivity contribution in [1.82, 2.24) is 9.78 Å². The van der Waals surface area contributed by atoms with Crippen LogP contribution in [0.15, 0.2) is 0 Å². The molecule has 0 bridgehead atoms. The molecule has 1 aliphatic carbocycles. The van der Waals surface area contributed by atoms with Crippen molar-refractivity contribution in [3.63, 3.8) is 0 Å². The van der Waals surface area contributed by atoms with Crippen molar-refractivity contribution in [1.29, 1.82) is 0 Å². The van der Waals surface area contributed by atoms with E-state index < -0.39 is 0 Å². The van der Waals surface area contributed by atoms with Crippen LogP contribution < -0.4 is 11.1 Å². The van der Waals surface area contributed by atoms with Crippen molar-refractivity contribution < 1.29 is 4.92 Å². The van der Waals surface area contributed by atoms with Gasteiger partial charge < -0.3 is 11.1 Å². The zero-order valence-electron chi connectivity index (χ0n) is 12.8. The maximum atomic E-state index is 11.4. The predicted octanol–water partition coefficient (Wildman–Crippen LogP) is 2.21. The second kappa shape index (κ2) is 6.89. The van der Waals surface area contributed by atoms with Gasteiger partial charge in [-0.15, -0.1) is 0 Å². The van der Waals surface area contributed by atoms with Gasteiger partial charge in [-0.25, -0.2) is 4.68 Å². The maximum Gasteiger partial charge on any atom is 0.333 e. The lowest BCUT2D eigenvalue weighted by molar-refractivity contribution is -0.384. The van der Waals surface area contributed by atoms with Crippen molar-refractivity contribution >= 4 is 11.5 Å². The fraction of sp³-hybridized carbons (Fsp3) is 0.786. The van der Waals surface area contributed by atoms with Gasteiger partial charge in [0.25, 0.3) is 0 Å². The Balaban J connectivity index is 2.27. The van der Waals surface area contributed by atoms with Gasteiger partial charge in [-0.1, -0.05) is 26.2 Å². The van der Waals surface area contributed by atoms with Crippen LogP contribution in [0, 0.1) is 16.0 Å². The lowest BCUT2D eigenvalue weighted by atomic mass is 9.84. The van der Waals surface area contributed by atoms with Crippen molar-refractivity contribution in [2.75, 3.05) is 11.9 Å². The van der Waals surface area contributed by atoms with Crippen LogP contribution in [-0.2, 0) is 13.5 Å². The Kier molecular flexibility index (Phi) is 5.17. The van der Waals surface area contributed by atoms with E-state index in [2.05, 4.69) is 10.4 Å². The molecular formula is C14H25N5O2. The van der Waals surface area contributed by atoms with E-state index in [4.69, 9.17) is 5.73 Å². The first-order valence-corrected chi connectivity index (χ1v) is 7.75. The van der Waals surface area contributed by atoms with Gasteiger partial charge in [0.15, 0.2) is 0 Å². The number of nitrogens with two attached hydrogens (primary N) is 1. The number of nitro groups is 1. The summed E-state index contributed by atoms with van der Waals surface area (Å²) in [5.74, 6) is 0.900. The van der Waals surface area contributed by atoms with Gasteiger partial charge in [-0.2, -0.15) is 5.10 Å². The van der Waals surface area contributed by atoms with Crippen LogP contribution in [0.25, 0.3) is 0 Å². The second-order valence-corrected chi connectivity index (χ2v) is 5.81. The molecule has 3 N–H and O–H groups in total. The van der Waals surface area contributed by atoms with Gasteiger partial charge >= 0.3 is 5.69 Å². The molecule has 0 aliphatic heterocycles. The molecule has 21 heavy (non-hydrogen) atoms. The molecule has 7 heteroatoms. The van der Waals surface area contributed by atoms with E-state index in [1.54, 1.807) is 11.7 Å². The standard InChI is InChI=1S/C14H25N5O2/c1-3-6-12-13(19(20)21)14(18(2)17-12)16-11-8-5-4-7-10(11)9-15/h10-11,16H,3-9,15H2,1-2H3. The number of anilines is 1. The summed E-state index contributed by atoms with van der Waals surface area (Å²) in [5.41, 5.74) is 6.53. The summed E-state index contributed by atoms with van der Waals surface area (Å²) >= 11 is 0. The first kappa shape index (κ1) is 15.8. The molecule has 0 spiro atoms. The summed E-state index contributed by atoms with van der Waals surface area (Å²) in [5, 5.41) is 19.1. The maximum absolute atomic E-state index is 11.4. The Hall–Kier alpha value is -1.63. The largest absolute Gasteiger partial charge is 0.361 e. The Morgan fingerprint density at radius 1 is 1.48 bits per heavy atom. The number of hydrogen-bond acceptors (Lipinski definition) is 5. The summed E-state index contributed by atoms with van der Waals surface area (Å²) in [6, 6.07) is 0.201. The van der Waals surface area contributed by atoms with E-state index in [1.165, 1.54) is 6.42 Å². The Bertz CT molecular complexity index is 500. The second-order valence-electron chi connectivity index (χ2n) is 5.81. The smallest absolute Gasteiger partial charge is 0.333 e. The fourth-order valence-electron chi connectivity index (χ4n) is 3.18. The highest BCUT2D eigenvalue weighted by molar-refractivity contribution is 5.60. The molecule has 7 nitrogen and oxygen atoms in total. The Labute approximate surface area is 125 Å². The molecule has 0 amide bonds. The number of rotatable bonds is 6. The average molecular weight is 295 g/mol. The van der Waals surface area contributed by atoms with Gasteiger partial charge in [0, 0.05) is 13.1 Å². The molecule has 118 valence electrons. The van der Waals surface area contributed by atoms with Gasteiger partial charge in [0.05, 0.1) is 4.92 Å². The van der Waals surface area contributed by atoms with Crippen LogP contribution >= 0.6 is 0 Å². The molecule has 0 saturated heterocycles. The third-order valence-corrected chi connectivity index (χ3v) is 4.30. The highest BCUT2D eigenvalue weighted by Crippen LogP contribution is 2.33. The summed E-state index contributed by atoms with van der Waals surface area (Å²) < 4.78 is 1.60. The lowest BCUT2D eigenvalue weighted by Gasteiger charge is -2.31. The predicted molar refractivity (Wildman–Crippen MR) is 82.3 cm³/mol. The van der Waals surface area contributed by atoms with E-state index >= 15 is 0 Å². The minimum Gasteiger partial charge on any atom is -0.361 e. The SMILES string of the molecule is CCCc1nn(C)c(NC2CCCCC2CN)c1[N+](=O)[O-]. The number of nitrogens with zero attached hydrogens (tertiary/aromatic N) is 3. The van der Waals surface area contributed by atoms with Crippen molar-refractivity contribution in [3.8, 4) is 0 Å². The van der Waals surface area contributed by atoms with Crippen LogP contribution in [0.3, 0.4) is 0 Å². The van der Waals surface area contributed by atoms with Crippen LogP contribution in [0.4, 0.5) is 11.5 Å². The molecule has 1 saturated carbocycles. The van der Waals surface area contributed by atoms with Crippen LogP contribution in [-0.4, -0.2) is 27.3 Å². The number of aromatic nitrogens is 2.